The van der Waals surface area contributed by atoms with Gasteiger partial charge in [-0.3, -0.25) is 4.79 Å². The van der Waals surface area contributed by atoms with Crippen molar-refractivity contribution in [2.75, 3.05) is 13.2 Å². The predicted molar refractivity (Wildman–Crippen MR) is 108 cm³/mol. The molecule has 1 unspecified atom stereocenters. The van der Waals surface area contributed by atoms with Crippen LogP contribution in [0.2, 0.25) is 0 Å². The van der Waals surface area contributed by atoms with Crippen molar-refractivity contribution in [2.45, 2.75) is 41.5 Å². The summed E-state index contributed by atoms with van der Waals surface area (Å²) in [6, 6.07) is 7.82. The van der Waals surface area contributed by atoms with Crippen LogP contribution in [-0.4, -0.2) is 18.7 Å². The SMILES string of the molecule is CCOc1ccc(PC(=O)c2c(C)cc(C)c(C)c2C)c(OCC)c1.[H-].[Li+]. The summed E-state index contributed by atoms with van der Waals surface area (Å²) in [5, 5.41) is 0.923. The molecule has 0 amide bonds. The molecular formula is C21H28LiO3P. The molecule has 136 valence electrons. The second kappa shape index (κ2) is 10.2. The fourth-order valence-corrected chi connectivity index (χ4v) is 4.14. The molecule has 0 bridgehead atoms. The second-order valence-corrected chi connectivity index (χ2v) is 7.36. The third-order valence-corrected chi connectivity index (χ3v) is 5.56. The fraction of sp³-hybridized carbons (Fsp3) is 0.381. The first-order chi connectivity index (χ1) is 11.9. The number of rotatable bonds is 7. The van der Waals surface area contributed by atoms with Crippen molar-refractivity contribution in [3.8, 4) is 11.5 Å². The smallest absolute Gasteiger partial charge is 1.00 e. The monoisotopic (exact) mass is 366 g/mol. The predicted octanol–water partition coefficient (Wildman–Crippen LogP) is 1.98. The largest absolute Gasteiger partial charge is 1.00 e. The molecule has 0 radical (unpaired) electrons. The molecule has 2 rings (SSSR count). The molecule has 2 aromatic rings. The molecular weight excluding hydrogens is 338 g/mol. The summed E-state index contributed by atoms with van der Waals surface area (Å²) in [6.45, 7) is 13.3. The molecule has 0 saturated heterocycles. The summed E-state index contributed by atoms with van der Waals surface area (Å²) in [5.41, 5.74) is 5.54. The first kappa shape index (κ1) is 22.8. The molecule has 2 aromatic carbocycles. The molecule has 0 N–H and O–H groups in total. The van der Waals surface area contributed by atoms with Crippen LogP contribution < -0.4 is 33.6 Å². The van der Waals surface area contributed by atoms with Gasteiger partial charge in [0.15, 0.2) is 5.52 Å². The zero-order valence-electron chi connectivity index (χ0n) is 17.9. The molecule has 5 heteroatoms. The van der Waals surface area contributed by atoms with Gasteiger partial charge in [0, 0.05) is 16.9 Å². The summed E-state index contributed by atoms with van der Waals surface area (Å²) in [4.78, 5) is 13.0. The van der Waals surface area contributed by atoms with Crippen LogP contribution in [0.5, 0.6) is 11.5 Å². The van der Waals surface area contributed by atoms with Crippen LogP contribution >= 0.6 is 8.58 Å². The quantitative estimate of drug-likeness (QED) is 0.555. The average Bonchev–Trinajstić information content (AvgIpc) is 2.55. The van der Waals surface area contributed by atoms with Crippen molar-refractivity contribution in [1.82, 2.24) is 0 Å². The topological polar surface area (TPSA) is 35.5 Å². The minimum atomic E-state index is 0. The number of aryl methyl sites for hydroxylation is 2. The Bertz CT molecular complexity index is 793. The van der Waals surface area contributed by atoms with E-state index in [4.69, 9.17) is 9.47 Å². The number of carbonyl (C=O) groups is 1. The van der Waals surface area contributed by atoms with E-state index in [2.05, 4.69) is 19.9 Å². The first-order valence-electron chi connectivity index (χ1n) is 8.67. The Morgan fingerprint density at radius 2 is 1.62 bits per heavy atom. The third-order valence-electron chi connectivity index (χ3n) is 4.40. The van der Waals surface area contributed by atoms with Gasteiger partial charge in [0.2, 0.25) is 0 Å². The van der Waals surface area contributed by atoms with E-state index in [0.29, 0.717) is 13.2 Å². The summed E-state index contributed by atoms with van der Waals surface area (Å²) < 4.78 is 11.3. The molecule has 0 aliphatic rings. The number of ether oxygens (including phenoxy) is 2. The average molecular weight is 366 g/mol. The molecule has 3 nitrogen and oxygen atoms in total. The minimum Gasteiger partial charge on any atom is -1.00 e. The summed E-state index contributed by atoms with van der Waals surface area (Å²) >= 11 is 0. The molecule has 0 aromatic heterocycles. The summed E-state index contributed by atoms with van der Waals surface area (Å²) in [6.07, 6.45) is 0. The van der Waals surface area contributed by atoms with E-state index >= 15 is 0 Å². The second-order valence-electron chi connectivity index (χ2n) is 6.11. The fourth-order valence-electron chi connectivity index (χ4n) is 2.96. The maximum absolute atomic E-state index is 13.0. The Hall–Kier alpha value is -1.26. The van der Waals surface area contributed by atoms with Crippen LogP contribution in [0.3, 0.4) is 0 Å². The Balaban J connectivity index is 0.00000338. The van der Waals surface area contributed by atoms with Gasteiger partial charge >= 0.3 is 18.9 Å². The normalized spacial score (nSPS) is 10.7. The molecule has 1 atom stereocenters. The van der Waals surface area contributed by atoms with Gasteiger partial charge in [-0.1, -0.05) is 6.07 Å². The Morgan fingerprint density at radius 3 is 2.23 bits per heavy atom. The molecule has 0 heterocycles. The van der Waals surface area contributed by atoms with Crippen molar-refractivity contribution in [1.29, 1.82) is 0 Å². The van der Waals surface area contributed by atoms with Crippen LogP contribution in [0.25, 0.3) is 0 Å². The molecule has 26 heavy (non-hydrogen) atoms. The maximum Gasteiger partial charge on any atom is 1.00 e. The van der Waals surface area contributed by atoms with Crippen molar-refractivity contribution >= 4 is 19.4 Å². The van der Waals surface area contributed by atoms with E-state index in [1.165, 1.54) is 11.1 Å². The van der Waals surface area contributed by atoms with Gasteiger partial charge in [-0.25, -0.2) is 0 Å². The van der Waals surface area contributed by atoms with E-state index in [1.807, 2.05) is 45.9 Å². The van der Waals surface area contributed by atoms with Crippen LogP contribution in [0, 0.1) is 27.7 Å². The Morgan fingerprint density at radius 1 is 0.962 bits per heavy atom. The number of benzene rings is 2. The molecule has 0 fully saturated rings. The van der Waals surface area contributed by atoms with Gasteiger partial charge in [0.25, 0.3) is 0 Å². The van der Waals surface area contributed by atoms with E-state index < -0.39 is 0 Å². The Kier molecular flexibility index (Phi) is 8.91. The standard InChI is InChI=1S/C21H27O3P.Li.H/c1-7-23-17-9-10-19(18(12-17)24-8-2)25-21(22)20-14(4)11-13(3)15(5)16(20)6;;/h9-12,25H,7-8H2,1-6H3;;/q;+1;-1. The van der Waals surface area contributed by atoms with Crippen molar-refractivity contribution in [3.63, 3.8) is 0 Å². The molecule has 0 saturated carbocycles. The number of hydrogen-bond acceptors (Lipinski definition) is 3. The zero-order chi connectivity index (χ0) is 18.6. The van der Waals surface area contributed by atoms with Gasteiger partial charge in [0.1, 0.15) is 11.5 Å². The molecule has 0 aliphatic carbocycles. The van der Waals surface area contributed by atoms with Crippen molar-refractivity contribution < 1.29 is 34.6 Å². The third kappa shape index (κ3) is 5.14. The minimum absolute atomic E-state index is 0. The van der Waals surface area contributed by atoms with Crippen LogP contribution in [0.4, 0.5) is 0 Å². The van der Waals surface area contributed by atoms with Gasteiger partial charge in [0.05, 0.1) is 13.2 Å². The number of carbonyl (C=O) groups excluding carboxylic acids is 1. The van der Waals surface area contributed by atoms with Crippen LogP contribution in [-0.2, 0) is 0 Å². The molecule has 0 spiro atoms. The maximum atomic E-state index is 13.0. The van der Waals surface area contributed by atoms with E-state index in [0.717, 1.165) is 33.5 Å². The van der Waals surface area contributed by atoms with E-state index in [1.54, 1.807) is 0 Å². The van der Waals surface area contributed by atoms with Crippen LogP contribution in [0.15, 0.2) is 24.3 Å². The van der Waals surface area contributed by atoms with Crippen LogP contribution in [0.1, 0.15) is 47.9 Å². The summed E-state index contributed by atoms with van der Waals surface area (Å²) in [7, 11) is 0.0293. The molecule has 0 aliphatic heterocycles. The van der Waals surface area contributed by atoms with Gasteiger partial charge in [-0.15, -0.1) is 0 Å². The Labute approximate surface area is 172 Å². The van der Waals surface area contributed by atoms with Crippen molar-refractivity contribution in [2.24, 2.45) is 0 Å². The van der Waals surface area contributed by atoms with Gasteiger partial charge in [-0.2, -0.15) is 0 Å². The number of hydrogen-bond donors (Lipinski definition) is 0. The first-order valence-corrected chi connectivity index (χ1v) is 9.67. The summed E-state index contributed by atoms with van der Waals surface area (Å²) in [5.74, 6) is 1.50. The zero-order valence-corrected chi connectivity index (χ0v) is 17.9. The van der Waals surface area contributed by atoms with E-state index in [9.17, 15) is 4.79 Å². The van der Waals surface area contributed by atoms with E-state index in [-0.39, 0.29) is 34.4 Å². The van der Waals surface area contributed by atoms with Crippen molar-refractivity contribution in [3.05, 3.63) is 52.1 Å². The van der Waals surface area contributed by atoms with Gasteiger partial charge < -0.3 is 10.9 Å². The van der Waals surface area contributed by atoms with Gasteiger partial charge in [-0.05, 0) is 84.5 Å².